The highest BCUT2D eigenvalue weighted by molar-refractivity contribution is 5.51. The van der Waals surface area contributed by atoms with Crippen molar-refractivity contribution in [3.8, 4) is 0 Å². The summed E-state index contributed by atoms with van der Waals surface area (Å²) in [5, 5.41) is 6.79. The smallest absolute Gasteiger partial charge is 0.223 e. The van der Waals surface area contributed by atoms with Gasteiger partial charge in [-0.05, 0) is 25.2 Å². The topological polar surface area (TPSA) is 75.9 Å². The minimum absolute atomic E-state index is 0.330. The van der Waals surface area contributed by atoms with Gasteiger partial charge in [0, 0.05) is 18.7 Å². The van der Waals surface area contributed by atoms with Crippen molar-refractivity contribution in [1.82, 2.24) is 9.97 Å². The first-order valence-electron chi connectivity index (χ1n) is 7.86. The van der Waals surface area contributed by atoms with E-state index in [4.69, 9.17) is 5.73 Å². The summed E-state index contributed by atoms with van der Waals surface area (Å²) in [7, 11) is 0. The molecule has 2 atom stereocenters. The van der Waals surface area contributed by atoms with Crippen LogP contribution in [0.1, 0.15) is 52.4 Å². The average molecular weight is 277 g/mol. The van der Waals surface area contributed by atoms with Crippen LogP contribution in [0.2, 0.25) is 0 Å². The molecule has 1 saturated carbocycles. The molecule has 1 aliphatic rings. The van der Waals surface area contributed by atoms with E-state index < -0.39 is 0 Å². The number of nitrogens with two attached hydrogens (primary N) is 1. The standard InChI is InChI=1S/C15H27N5/c1-3-8-17-13-10-14(20-15(16)19-13)18-12-7-5-6-11(4-2)9-12/h10-12H,3-9H2,1-2H3,(H4,16,17,18,19,20). The lowest BCUT2D eigenvalue weighted by Gasteiger charge is -2.29. The van der Waals surface area contributed by atoms with Crippen LogP contribution in [0.3, 0.4) is 0 Å². The SMILES string of the molecule is CCCNc1cc(NC2CCCC(CC)C2)nc(N)n1. The van der Waals surface area contributed by atoms with E-state index in [1.807, 2.05) is 6.07 Å². The van der Waals surface area contributed by atoms with Crippen LogP contribution in [0.4, 0.5) is 17.6 Å². The largest absolute Gasteiger partial charge is 0.370 e. The first-order chi connectivity index (χ1) is 9.71. The van der Waals surface area contributed by atoms with Gasteiger partial charge >= 0.3 is 0 Å². The van der Waals surface area contributed by atoms with Crippen LogP contribution in [-0.2, 0) is 0 Å². The maximum Gasteiger partial charge on any atom is 0.223 e. The molecule has 0 spiro atoms. The molecule has 1 aliphatic carbocycles. The molecule has 1 fully saturated rings. The van der Waals surface area contributed by atoms with E-state index >= 15 is 0 Å². The number of hydrogen-bond acceptors (Lipinski definition) is 5. The lowest BCUT2D eigenvalue weighted by molar-refractivity contribution is 0.327. The molecule has 112 valence electrons. The predicted molar refractivity (Wildman–Crippen MR) is 84.9 cm³/mol. The molecular formula is C15H27N5. The van der Waals surface area contributed by atoms with Gasteiger partial charge in [-0.2, -0.15) is 9.97 Å². The molecule has 20 heavy (non-hydrogen) atoms. The lowest BCUT2D eigenvalue weighted by atomic mass is 9.84. The van der Waals surface area contributed by atoms with Crippen LogP contribution < -0.4 is 16.4 Å². The van der Waals surface area contributed by atoms with Crippen LogP contribution in [0, 0.1) is 5.92 Å². The van der Waals surface area contributed by atoms with Gasteiger partial charge in [0.15, 0.2) is 0 Å². The quantitative estimate of drug-likeness (QED) is 0.744. The normalized spacial score (nSPS) is 22.5. The second kappa shape index (κ2) is 7.31. The van der Waals surface area contributed by atoms with Crippen molar-refractivity contribution in [2.24, 2.45) is 5.92 Å². The molecule has 0 aliphatic heterocycles. The summed E-state index contributed by atoms with van der Waals surface area (Å²) in [6.45, 7) is 5.31. The van der Waals surface area contributed by atoms with E-state index in [1.165, 1.54) is 32.1 Å². The van der Waals surface area contributed by atoms with Crippen molar-refractivity contribution >= 4 is 17.6 Å². The van der Waals surface area contributed by atoms with Gasteiger partial charge in [0.2, 0.25) is 5.95 Å². The molecule has 2 rings (SSSR count). The van der Waals surface area contributed by atoms with Gasteiger partial charge in [-0.1, -0.05) is 33.1 Å². The molecule has 0 amide bonds. The van der Waals surface area contributed by atoms with Gasteiger partial charge in [0.05, 0.1) is 0 Å². The monoisotopic (exact) mass is 277 g/mol. The highest BCUT2D eigenvalue weighted by Crippen LogP contribution is 2.28. The molecule has 4 N–H and O–H groups in total. The maximum atomic E-state index is 5.79. The van der Waals surface area contributed by atoms with Gasteiger partial charge in [-0.25, -0.2) is 0 Å². The number of anilines is 3. The molecule has 1 heterocycles. The Hall–Kier alpha value is -1.52. The van der Waals surface area contributed by atoms with Crippen molar-refractivity contribution < 1.29 is 0 Å². The fourth-order valence-electron chi connectivity index (χ4n) is 2.89. The minimum Gasteiger partial charge on any atom is -0.370 e. The van der Waals surface area contributed by atoms with Gasteiger partial charge in [-0.3, -0.25) is 0 Å². The average Bonchev–Trinajstić information content (AvgIpc) is 2.44. The number of aromatic nitrogens is 2. The van der Waals surface area contributed by atoms with Gasteiger partial charge in [-0.15, -0.1) is 0 Å². The Morgan fingerprint density at radius 3 is 2.80 bits per heavy atom. The van der Waals surface area contributed by atoms with Crippen LogP contribution >= 0.6 is 0 Å². The molecule has 2 unspecified atom stereocenters. The summed E-state index contributed by atoms with van der Waals surface area (Å²) in [5.74, 6) is 2.83. The minimum atomic E-state index is 0.330. The summed E-state index contributed by atoms with van der Waals surface area (Å²) in [6.07, 6.45) is 7.46. The Morgan fingerprint density at radius 1 is 1.25 bits per heavy atom. The summed E-state index contributed by atoms with van der Waals surface area (Å²) in [4.78, 5) is 8.51. The van der Waals surface area contributed by atoms with Crippen molar-refractivity contribution in [2.75, 3.05) is 22.9 Å². The van der Waals surface area contributed by atoms with Crippen molar-refractivity contribution in [3.63, 3.8) is 0 Å². The molecule has 0 radical (unpaired) electrons. The zero-order valence-electron chi connectivity index (χ0n) is 12.7. The molecule has 1 aromatic heterocycles. The molecule has 5 heteroatoms. The van der Waals surface area contributed by atoms with Gasteiger partial charge < -0.3 is 16.4 Å². The first kappa shape index (κ1) is 14.9. The number of nitrogens with zero attached hydrogens (tertiary/aromatic N) is 2. The van der Waals surface area contributed by atoms with Crippen molar-refractivity contribution in [3.05, 3.63) is 6.07 Å². The first-order valence-corrected chi connectivity index (χ1v) is 7.86. The van der Waals surface area contributed by atoms with Crippen molar-refractivity contribution in [2.45, 2.75) is 58.4 Å². The third-order valence-corrected chi connectivity index (χ3v) is 4.01. The summed E-state index contributed by atoms with van der Waals surface area (Å²) >= 11 is 0. The number of rotatable bonds is 6. The highest BCUT2D eigenvalue weighted by Gasteiger charge is 2.21. The summed E-state index contributed by atoms with van der Waals surface area (Å²) < 4.78 is 0. The third-order valence-electron chi connectivity index (χ3n) is 4.01. The maximum absolute atomic E-state index is 5.79. The molecule has 5 nitrogen and oxygen atoms in total. The van der Waals surface area contributed by atoms with Crippen LogP contribution in [-0.4, -0.2) is 22.6 Å². The predicted octanol–water partition coefficient (Wildman–Crippen LogP) is 3.26. The Balaban J connectivity index is 1.99. The fraction of sp³-hybridized carbons (Fsp3) is 0.733. The van der Waals surface area contributed by atoms with Gasteiger partial charge in [0.25, 0.3) is 0 Å². The van der Waals surface area contributed by atoms with Crippen LogP contribution in [0.5, 0.6) is 0 Å². The Kier molecular flexibility index (Phi) is 5.44. The number of hydrogen-bond donors (Lipinski definition) is 3. The summed E-state index contributed by atoms with van der Waals surface area (Å²) in [5.41, 5.74) is 5.79. The van der Waals surface area contributed by atoms with E-state index in [0.29, 0.717) is 12.0 Å². The Morgan fingerprint density at radius 2 is 2.05 bits per heavy atom. The molecule has 0 aromatic carbocycles. The van der Waals surface area contributed by atoms with Crippen LogP contribution in [0.25, 0.3) is 0 Å². The Labute approximate surface area is 121 Å². The molecular weight excluding hydrogens is 250 g/mol. The fourth-order valence-corrected chi connectivity index (χ4v) is 2.89. The van der Waals surface area contributed by atoms with E-state index in [9.17, 15) is 0 Å². The van der Waals surface area contributed by atoms with E-state index in [2.05, 4.69) is 34.4 Å². The van der Waals surface area contributed by atoms with Gasteiger partial charge in [0.1, 0.15) is 11.6 Å². The summed E-state index contributed by atoms with van der Waals surface area (Å²) in [6, 6.07) is 2.48. The molecule has 0 bridgehead atoms. The number of nitrogen functional groups attached to an aromatic ring is 1. The van der Waals surface area contributed by atoms with Crippen molar-refractivity contribution in [1.29, 1.82) is 0 Å². The lowest BCUT2D eigenvalue weighted by Crippen LogP contribution is -2.27. The Bertz CT molecular complexity index is 421. The second-order valence-electron chi connectivity index (χ2n) is 5.71. The van der Waals surface area contributed by atoms with Crippen LogP contribution in [0.15, 0.2) is 6.07 Å². The van der Waals surface area contributed by atoms with E-state index in [-0.39, 0.29) is 0 Å². The molecule has 0 saturated heterocycles. The zero-order valence-corrected chi connectivity index (χ0v) is 12.7. The third kappa shape index (κ3) is 4.25. The molecule has 1 aromatic rings. The van der Waals surface area contributed by atoms with E-state index in [1.54, 1.807) is 0 Å². The van der Waals surface area contributed by atoms with E-state index in [0.717, 1.165) is 30.5 Å². The number of nitrogens with one attached hydrogen (secondary N) is 2. The zero-order chi connectivity index (χ0) is 14.4. The highest BCUT2D eigenvalue weighted by atomic mass is 15.1. The second-order valence-corrected chi connectivity index (χ2v) is 5.71.